The fourth-order valence-corrected chi connectivity index (χ4v) is 2.98. The number of allylic oxidation sites excluding steroid dienone is 2. The number of aryl methyl sites for hydroxylation is 1. The summed E-state index contributed by atoms with van der Waals surface area (Å²) in [4.78, 5) is 8.06. The van der Waals surface area contributed by atoms with E-state index in [9.17, 15) is 0 Å². The van der Waals surface area contributed by atoms with E-state index in [1.165, 1.54) is 23.4 Å². The number of aromatic nitrogens is 2. The summed E-state index contributed by atoms with van der Waals surface area (Å²) in [6.07, 6.45) is 0.941. The first kappa shape index (κ1) is 9.96. The molecule has 2 aliphatic rings. The minimum Gasteiger partial charge on any atom is -0.345 e. The maximum absolute atomic E-state index is 4.64. The lowest BCUT2D eigenvalue weighted by molar-refractivity contribution is 0.921. The van der Waals surface area contributed by atoms with Gasteiger partial charge >= 0.3 is 0 Å². The van der Waals surface area contributed by atoms with Crippen molar-refractivity contribution in [2.75, 3.05) is 0 Å². The summed E-state index contributed by atoms with van der Waals surface area (Å²) < 4.78 is 7.69. The normalized spacial score (nSPS) is 22.7. The molecule has 2 N–H and O–H groups in total. The number of nitrogens with zero attached hydrogens (tertiary/aromatic N) is 2. The van der Waals surface area contributed by atoms with Crippen molar-refractivity contribution in [2.24, 2.45) is 4.40 Å². The molecule has 0 spiro atoms. The number of nitrogens with one attached hydrogen (secondary N) is 2. The van der Waals surface area contributed by atoms with Crippen LogP contribution >= 0.6 is 12.1 Å². The Kier molecular flexibility index (Phi) is 2.10. The lowest BCUT2D eigenvalue weighted by Crippen LogP contribution is -2.21. The minimum atomic E-state index is 0.309. The van der Waals surface area contributed by atoms with Crippen molar-refractivity contribution in [3.05, 3.63) is 22.9 Å². The molecule has 84 valence electrons. The number of hydrogen-bond acceptors (Lipinski definition) is 4. The van der Waals surface area contributed by atoms with Crippen LogP contribution in [0.4, 0.5) is 0 Å². The van der Waals surface area contributed by atoms with Gasteiger partial charge in [-0.05, 0) is 6.92 Å². The van der Waals surface area contributed by atoms with Crippen molar-refractivity contribution in [3.63, 3.8) is 0 Å². The highest BCUT2D eigenvalue weighted by molar-refractivity contribution is 7.96. The van der Waals surface area contributed by atoms with Crippen molar-refractivity contribution < 1.29 is 0 Å². The van der Waals surface area contributed by atoms with E-state index >= 15 is 0 Å². The van der Waals surface area contributed by atoms with Crippen LogP contribution in [0.5, 0.6) is 0 Å². The Bertz CT molecular complexity index is 512. The van der Waals surface area contributed by atoms with E-state index in [0.717, 1.165) is 29.3 Å². The van der Waals surface area contributed by atoms with Crippen LogP contribution in [0.2, 0.25) is 0 Å². The van der Waals surface area contributed by atoms with E-state index in [1.807, 2.05) is 0 Å². The quantitative estimate of drug-likeness (QED) is 0.734. The molecule has 16 heavy (non-hydrogen) atoms. The first-order valence-electron chi connectivity index (χ1n) is 5.52. The molecule has 0 aromatic carbocycles. The number of rotatable bonds is 1. The molecule has 4 nitrogen and oxygen atoms in total. The van der Waals surface area contributed by atoms with Crippen LogP contribution in [0.15, 0.2) is 10.1 Å². The van der Waals surface area contributed by atoms with Gasteiger partial charge in [-0.3, -0.25) is 0 Å². The lowest BCUT2D eigenvalue weighted by Gasteiger charge is -2.20. The van der Waals surface area contributed by atoms with Gasteiger partial charge in [0.15, 0.2) is 0 Å². The fraction of sp³-hybridized carbons (Fsp3) is 0.455. The topological polar surface area (TPSA) is 53.1 Å². The maximum Gasteiger partial charge on any atom is 0.106 e. The van der Waals surface area contributed by atoms with E-state index in [-0.39, 0.29) is 0 Å². The number of aromatic amines is 1. The van der Waals surface area contributed by atoms with Crippen molar-refractivity contribution >= 4 is 23.4 Å². The third kappa shape index (κ3) is 1.18. The van der Waals surface area contributed by atoms with Crippen LogP contribution < -0.4 is 4.72 Å². The Morgan fingerprint density at radius 3 is 3.00 bits per heavy atom. The summed E-state index contributed by atoms with van der Waals surface area (Å²) in [6, 6.07) is 0. The third-order valence-electron chi connectivity index (χ3n) is 3.24. The van der Waals surface area contributed by atoms with Crippen LogP contribution in [0.1, 0.15) is 43.9 Å². The van der Waals surface area contributed by atoms with E-state index in [1.54, 1.807) is 0 Å². The van der Waals surface area contributed by atoms with Gasteiger partial charge in [-0.1, -0.05) is 13.8 Å². The lowest BCUT2D eigenvalue weighted by atomic mass is 9.88. The molecule has 0 saturated carbocycles. The number of fused-ring (bicyclic) bond motifs is 2. The molecule has 1 atom stereocenters. The second kappa shape index (κ2) is 3.38. The molecule has 0 bridgehead atoms. The second-order valence-corrected chi connectivity index (χ2v) is 4.76. The molecule has 0 fully saturated rings. The average molecular weight is 234 g/mol. The average Bonchev–Trinajstić information content (AvgIpc) is 2.92. The van der Waals surface area contributed by atoms with E-state index in [4.69, 9.17) is 0 Å². The Morgan fingerprint density at radius 2 is 2.25 bits per heavy atom. The van der Waals surface area contributed by atoms with Gasteiger partial charge in [0.05, 0.1) is 34.9 Å². The second-order valence-electron chi connectivity index (χ2n) is 4.19. The smallest absolute Gasteiger partial charge is 0.106 e. The first-order valence-corrected chi connectivity index (χ1v) is 6.30. The largest absolute Gasteiger partial charge is 0.345 e. The molecular formula is C11H14N4S. The van der Waals surface area contributed by atoms with Crippen LogP contribution in [0, 0.1) is 0 Å². The highest BCUT2D eigenvalue weighted by Gasteiger charge is 2.33. The van der Waals surface area contributed by atoms with E-state index in [0.29, 0.717) is 5.92 Å². The molecule has 1 aromatic heterocycles. The van der Waals surface area contributed by atoms with Gasteiger partial charge in [-0.25, -0.2) is 4.98 Å². The SMILES string of the molecule is CCc1nc2c([nH]1)C(C)C1=NSNC1=C2C. The van der Waals surface area contributed by atoms with Gasteiger partial charge < -0.3 is 9.71 Å². The summed E-state index contributed by atoms with van der Waals surface area (Å²) in [5.41, 5.74) is 5.81. The molecule has 1 aliphatic carbocycles. The zero-order valence-corrected chi connectivity index (χ0v) is 10.4. The molecule has 2 heterocycles. The van der Waals surface area contributed by atoms with E-state index in [2.05, 4.69) is 39.9 Å². The third-order valence-corrected chi connectivity index (χ3v) is 3.82. The zero-order valence-electron chi connectivity index (χ0n) is 9.59. The Balaban J connectivity index is 2.22. The van der Waals surface area contributed by atoms with Gasteiger partial charge in [0.25, 0.3) is 0 Å². The minimum absolute atomic E-state index is 0.309. The Hall–Kier alpha value is -1.23. The fourth-order valence-electron chi connectivity index (χ4n) is 2.24. The van der Waals surface area contributed by atoms with E-state index < -0.39 is 0 Å². The molecule has 1 aliphatic heterocycles. The van der Waals surface area contributed by atoms with Crippen LogP contribution in [-0.4, -0.2) is 15.7 Å². The van der Waals surface area contributed by atoms with Crippen molar-refractivity contribution in [3.8, 4) is 0 Å². The summed E-state index contributed by atoms with van der Waals surface area (Å²) in [6.45, 7) is 6.40. The molecule has 5 heteroatoms. The standard InChI is InChI=1S/C11H14N4S/c1-4-7-12-8-5(2)10-11(15-16-14-10)6(3)9(8)13-7/h5,15H,4H2,1-3H3,(H,12,13). The molecule has 0 amide bonds. The Labute approximate surface area is 98.9 Å². The van der Waals surface area contributed by atoms with Gasteiger partial charge in [-0.15, -0.1) is 0 Å². The van der Waals surface area contributed by atoms with Crippen molar-refractivity contribution in [1.29, 1.82) is 0 Å². The van der Waals surface area contributed by atoms with Gasteiger partial charge in [0.2, 0.25) is 0 Å². The zero-order chi connectivity index (χ0) is 11.3. The number of imidazole rings is 1. The van der Waals surface area contributed by atoms with Crippen molar-refractivity contribution in [2.45, 2.75) is 33.1 Å². The summed E-state index contributed by atoms with van der Waals surface area (Å²) in [7, 11) is 0. The molecule has 3 rings (SSSR count). The summed E-state index contributed by atoms with van der Waals surface area (Å²) in [5.74, 6) is 1.37. The molecule has 1 aromatic rings. The summed E-state index contributed by atoms with van der Waals surface area (Å²) >= 11 is 1.41. The number of hydrogen-bond donors (Lipinski definition) is 2. The van der Waals surface area contributed by atoms with Gasteiger partial charge in [-0.2, -0.15) is 4.40 Å². The number of H-pyrrole nitrogens is 1. The van der Waals surface area contributed by atoms with Crippen molar-refractivity contribution in [1.82, 2.24) is 14.7 Å². The predicted octanol–water partition coefficient (Wildman–Crippen LogP) is 2.43. The van der Waals surface area contributed by atoms with Crippen LogP contribution in [-0.2, 0) is 6.42 Å². The van der Waals surface area contributed by atoms with Crippen LogP contribution in [0.25, 0.3) is 5.57 Å². The monoisotopic (exact) mass is 234 g/mol. The maximum atomic E-state index is 4.64. The summed E-state index contributed by atoms with van der Waals surface area (Å²) in [5, 5.41) is 0. The Morgan fingerprint density at radius 1 is 1.44 bits per heavy atom. The predicted molar refractivity (Wildman–Crippen MR) is 67.1 cm³/mol. The molecule has 0 saturated heterocycles. The van der Waals surface area contributed by atoms with Crippen LogP contribution in [0.3, 0.4) is 0 Å². The molecule has 1 unspecified atom stereocenters. The molecule has 0 radical (unpaired) electrons. The first-order chi connectivity index (χ1) is 7.72. The highest BCUT2D eigenvalue weighted by Crippen LogP contribution is 2.38. The molecular weight excluding hydrogens is 220 g/mol. The van der Waals surface area contributed by atoms with Gasteiger partial charge in [0, 0.05) is 17.9 Å². The highest BCUT2D eigenvalue weighted by atomic mass is 32.2. The van der Waals surface area contributed by atoms with Gasteiger partial charge in [0.1, 0.15) is 5.82 Å².